The Morgan fingerprint density at radius 1 is 1.04 bits per heavy atom. The summed E-state index contributed by atoms with van der Waals surface area (Å²) in [5.74, 6) is -2.51. The Labute approximate surface area is 142 Å². The average Bonchev–Trinajstić information content (AvgIpc) is 2.50. The molecule has 1 saturated heterocycles. The quantitative estimate of drug-likeness (QED) is 0.727. The van der Waals surface area contributed by atoms with Crippen LogP contribution in [0, 0.1) is 20.8 Å². The number of rotatable bonds is 4. The number of aliphatic carboxylic acids is 2. The third-order valence-electron chi connectivity index (χ3n) is 3.80. The Hall–Kier alpha value is -2.18. The molecule has 0 spiro atoms. The first-order chi connectivity index (χ1) is 11.3. The third-order valence-corrected chi connectivity index (χ3v) is 3.80. The predicted octanol–water partition coefficient (Wildman–Crippen LogP) is 1.73. The van der Waals surface area contributed by atoms with E-state index in [4.69, 9.17) is 10.2 Å². The van der Waals surface area contributed by atoms with Crippen LogP contribution in [0.1, 0.15) is 22.3 Å². The number of benzene rings is 1. The topological polar surface area (TPSA) is 89.9 Å². The number of hydrogen-bond donors (Lipinski definition) is 3. The van der Waals surface area contributed by atoms with Gasteiger partial charge in [-0.1, -0.05) is 17.7 Å². The average molecular weight is 334 g/mol. The molecule has 0 amide bonds. The third kappa shape index (κ3) is 7.39. The fourth-order valence-electron chi connectivity index (χ4n) is 2.69. The maximum Gasteiger partial charge on any atom is 0.328 e. The van der Waals surface area contributed by atoms with Crippen molar-refractivity contribution in [3.63, 3.8) is 0 Å². The number of carboxylic acid groups (broad SMARTS) is 2. The first-order valence-electron chi connectivity index (χ1n) is 7.93. The van der Waals surface area contributed by atoms with Crippen LogP contribution in [0.3, 0.4) is 0 Å². The summed E-state index contributed by atoms with van der Waals surface area (Å²) in [6, 6.07) is 4.59. The molecule has 0 unspecified atom stereocenters. The van der Waals surface area contributed by atoms with Gasteiger partial charge in [0.15, 0.2) is 0 Å². The Morgan fingerprint density at radius 2 is 1.50 bits per heavy atom. The minimum absolute atomic E-state index is 0.558. The highest BCUT2D eigenvalue weighted by Crippen LogP contribution is 2.18. The van der Waals surface area contributed by atoms with Gasteiger partial charge in [-0.15, -0.1) is 0 Å². The highest BCUT2D eigenvalue weighted by atomic mass is 16.4. The number of piperazine rings is 1. The van der Waals surface area contributed by atoms with Gasteiger partial charge in [-0.05, 0) is 37.5 Å². The Balaban J connectivity index is 0.000000307. The molecular formula is C18H26N2O4. The first kappa shape index (κ1) is 19.9. The number of carboxylic acids is 2. The summed E-state index contributed by atoms with van der Waals surface area (Å²) in [5.41, 5.74) is 5.78. The van der Waals surface area contributed by atoms with Crippen LogP contribution in [0.5, 0.6) is 0 Å². The number of hydrogen-bond acceptors (Lipinski definition) is 4. The van der Waals surface area contributed by atoms with Crippen molar-refractivity contribution in [2.75, 3.05) is 26.2 Å². The Kier molecular flexibility index (Phi) is 8.15. The van der Waals surface area contributed by atoms with Crippen LogP contribution in [0.15, 0.2) is 24.3 Å². The molecule has 1 aromatic carbocycles. The molecule has 1 aliphatic rings. The molecule has 2 rings (SSSR count). The number of nitrogens with one attached hydrogen (secondary N) is 1. The van der Waals surface area contributed by atoms with E-state index in [9.17, 15) is 9.59 Å². The monoisotopic (exact) mass is 334 g/mol. The van der Waals surface area contributed by atoms with Gasteiger partial charge in [-0.3, -0.25) is 4.90 Å². The molecule has 6 heteroatoms. The maximum atomic E-state index is 9.55. The molecule has 0 atom stereocenters. The summed E-state index contributed by atoms with van der Waals surface area (Å²) in [7, 11) is 0. The molecule has 1 heterocycles. The fourth-order valence-corrected chi connectivity index (χ4v) is 2.69. The molecule has 0 saturated carbocycles. The zero-order chi connectivity index (χ0) is 18.1. The van der Waals surface area contributed by atoms with Gasteiger partial charge in [0.25, 0.3) is 0 Å². The molecule has 6 nitrogen and oxygen atoms in total. The van der Waals surface area contributed by atoms with Gasteiger partial charge in [-0.2, -0.15) is 0 Å². The highest BCUT2D eigenvalue weighted by molar-refractivity contribution is 5.89. The van der Waals surface area contributed by atoms with Gasteiger partial charge in [0, 0.05) is 44.9 Å². The van der Waals surface area contributed by atoms with E-state index in [0.717, 1.165) is 19.6 Å². The number of aryl methyl sites for hydroxylation is 3. The number of nitrogens with zero attached hydrogens (tertiary/aromatic N) is 1. The molecule has 0 radical (unpaired) electrons. The van der Waals surface area contributed by atoms with Gasteiger partial charge in [0.05, 0.1) is 0 Å². The van der Waals surface area contributed by atoms with Gasteiger partial charge in [-0.25, -0.2) is 9.59 Å². The molecule has 0 bridgehead atoms. The van der Waals surface area contributed by atoms with E-state index in [0.29, 0.717) is 12.2 Å². The van der Waals surface area contributed by atoms with Crippen molar-refractivity contribution >= 4 is 11.9 Å². The zero-order valence-corrected chi connectivity index (χ0v) is 14.5. The second-order valence-electron chi connectivity index (χ2n) is 5.91. The highest BCUT2D eigenvalue weighted by Gasteiger charge is 2.12. The molecule has 132 valence electrons. The molecule has 0 aromatic heterocycles. The van der Waals surface area contributed by atoms with Crippen LogP contribution in [-0.2, 0) is 16.1 Å². The minimum Gasteiger partial charge on any atom is -0.478 e. The van der Waals surface area contributed by atoms with Crippen LogP contribution in [0.4, 0.5) is 0 Å². The van der Waals surface area contributed by atoms with Gasteiger partial charge in [0.2, 0.25) is 0 Å². The summed E-state index contributed by atoms with van der Waals surface area (Å²) in [6.45, 7) is 12.4. The lowest BCUT2D eigenvalue weighted by Crippen LogP contribution is -2.43. The van der Waals surface area contributed by atoms with Crippen molar-refractivity contribution in [1.82, 2.24) is 10.2 Å². The summed E-state index contributed by atoms with van der Waals surface area (Å²) in [6.07, 6.45) is 1.12. The summed E-state index contributed by atoms with van der Waals surface area (Å²) >= 11 is 0. The van der Waals surface area contributed by atoms with Crippen molar-refractivity contribution in [3.05, 3.63) is 46.5 Å². The van der Waals surface area contributed by atoms with Crippen molar-refractivity contribution in [1.29, 1.82) is 0 Å². The lowest BCUT2D eigenvalue weighted by molar-refractivity contribution is -0.134. The van der Waals surface area contributed by atoms with E-state index in [1.54, 1.807) is 0 Å². The van der Waals surface area contributed by atoms with E-state index in [1.165, 1.54) is 35.3 Å². The SMILES string of the molecule is Cc1cc(C)c(CN2CCNCC2)c(C)c1.O=C(O)/C=C\C(=O)O. The maximum absolute atomic E-state index is 9.55. The summed E-state index contributed by atoms with van der Waals surface area (Å²) in [5, 5.41) is 19.0. The van der Waals surface area contributed by atoms with Crippen LogP contribution in [0.25, 0.3) is 0 Å². The van der Waals surface area contributed by atoms with E-state index < -0.39 is 11.9 Å². The summed E-state index contributed by atoms with van der Waals surface area (Å²) in [4.78, 5) is 21.7. The Bertz CT molecular complexity index is 566. The zero-order valence-electron chi connectivity index (χ0n) is 14.5. The Morgan fingerprint density at radius 3 is 1.92 bits per heavy atom. The fraction of sp³-hybridized carbons (Fsp3) is 0.444. The second-order valence-corrected chi connectivity index (χ2v) is 5.91. The van der Waals surface area contributed by atoms with Crippen LogP contribution in [0.2, 0.25) is 0 Å². The van der Waals surface area contributed by atoms with E-state index in [1.807, 2.05) is 0 Å². The van der Waals surface area contributed by atoms with Gasteiger partial charge in [0.1, 0.15) is 0 Å². The number of carbonyl (C=O) groups is 2. The summed E-state index contributed by atoms with van der Waals surface area (Å²) < 4.78 is 0. The largest absolute Gasteiger partial charge is 0.478 e. The molecule has 1 aromatic rings. The normalized spacial score (nSPS) is 15.0. The predicted molar refractivity (Wildman–Crippen MR) is 93.2 cm³/mol. The first-order valence-corrected chi connectivity index (χ1v) is 7.93. The minimum atomic E-state index is -1.26. The van der Waals surface area contributed by atoms with Gasteiger partial charge >= 0.3 is 11.9 Å². The molecule has 1 fully saturated rings. The van der Waals surface area contributed by atoms with Crippen LogP contribution in [-0.4, -0.2) is 53.2 Å². The standard InChI is InChI=1S/C14H22N2.C4H4O4/c1-11-8-12(2)14(13(3)9-11)10-16-6-4-15-5-7-16;5-3(6)1-2-4(7)8/h8-9,15H,4-7,10H2,1-3H3;1-2H,(H,5,6)(H,7,8)/b;2-1-. The lowest BCUT2D eigenvalue weighted by Gasteiger charge is -2.28. The lowest BCUT2D eigenvalue weighted by atomic mass is 9.99. The van der Waals surface area contributed by atoms with Gasteiger partial charge < -0.3 is 15.5 Å². The molecule has 1 aliphatic heterocycles. The van der Waals surface area contributed by atoms with Crippen molar-refractivity contribution in [2.24, 2.45) is 0 Å². The molecule has 0 aliphatic carbocycles. The molecule has 24 heavy (non-hydrogen) atoms. The van der Waals surface area contributed by atoms with Crippen molar-refractivity contribution < 1.29 is 19.8 Å². The van der Waals surface area contributed by atoms with Crippen LogP contribution < -0.4 is 5.32 Å². The van der Waals surface area contributed by atoms with E-state index in [2.05, 4.69) is 43.1 Å². The van der Waals surface area contributed by atoms with E-state index in [-0.39, 0.29) is 0 Å². The van der Waals surface area contributed by atoms with Crippen molar-refractivity contribution in [2.45, 2.75) is 27.3 Å². The second kappa shape index (κ2) is 9.85. The molecule has 3 N–H and O–H groups in total. The van der Waals surface area contributed by atoms with Crippen molar-refractivity contribution in [3.8, 4) is 0 Å². The van der Waals surface area contributed by atoms with E-state index >= 15 is 0 Å². The smallest absolute Gasteiger partial charge is 0.328 e. The molecular weight excluding hydrogens is 308 g/mol. The van der Waals surface area contributed by atoms with Crippen LogP contribution >= 0.6 is 0 Å².